The number of amides is 7. The van der Waals surface area contributed by atoms with E-state index in [9.17, 15) is 38.4 Å². The largest absolute Gasteiger partial charge is 0.467 e. The van der Waals surface area contributed by atoms with Crippen molar-refractivity contribution in [1.82, 2.24) is 36.8 Å². The molecule has 1 unspecified atom stereocenters. The Bertz CT molecular complexity index is 2100. The van der Waals surface area contributed by atoms with E-state index in [4.69, 9.17) is 18.9 Å². The third kappa shape index (κ3) is 21.6. The third-order valence-electron chi connectivity index (χ3n) is 10.9. The number of esters is 1. The Kier molecular flexibility index (Phi) is 22.2. The van der Waals surface area contributed by atoms with Crippen molar-refractivity contribution in [2.75, 3.05) is 26.7 Å². The van der Waals surface area contributed by atoms with E-state index in [1.165, 1.54) is 12.0 Å². The molecule has 1 fully saturated rings. The number of likely N-dealkylation sites (tertiary alicyclic amines) is 1. The molecule has 0 aliphatic carbocycles. The molecule has 0 radical (unpaired) electrons. The number of hydrogen-bond donors (Lipinski definition) is 6. The Morgan fingerprint density at radius 3 is 1.68 bits per heavy atom. The van der Waals surface area contributed by atoms with E-state index in [2.05, 4.69) is 31.9 Å². The van der Waals surface area contributed by atoms with Gasteiger partial charge in [0.25, 0.3) is 0 Å². The van der Waals surface area contributed by atoms with Gasteiger partial charge in [0.05, 0.1) is 13.7 Å². The zero-order valence-electron chi connectivity index (χ0n) is 43.8. The number of hydrogen-bond acceptors (Lipinski definition) is 12. The molecule has 2 aromatic rings. The summed E-state index contributed by atoms with van der Waals surface area (Å²) >= 11 is 0. The zero-order chi connectivity index (χ0) is 53.2. The summed E-state index contributed by atoms with van der Waals surface area (Å²) in [6.45, 7) is 19.0. The molecule has 1 aliphatic heterocycles. The average Bonchev–Trinajstić information content (AvgIpc) is 3.69. The van der Waals surface area contributed by atoms with Gasteiger partial charge in [0.1, 0.15) is 41.0 Å². The molecular weight excluding hydrogens is 915 g/mol. The summed E-state index contributed by atoms with van der Waals surface area (Å²) in [5, 5.41) is 16.5. The number of unbranched alkanes of at least 4 members (excludes halogenated alkanes) is 1. The van der Waals surface area contributed by atoms with Crippen LogP contribution in [0.3, 0.4) is 0 Å². The molecule has 1 aliphatic rings. The lowest BCUT2D eigenvalue weighted by atomic mass is 9.99. The Labute approximate surface area is 419 Å². The van der Waals surface area contributed by atoms with Gasteiger partial charge in [-0.1, -0.05) is 74.5 Å². The van der Waals surface area contributed by atoms with Gasteiger partial charge in [0.2, 0.25) is 23.6 Å². The summed E-state index contributed by atoms with van der Waals surface area (Å²) in [6.07, 6.45) is -0.719. The van der Waals surface area contributed by atoms with Gasteiger partial charge in [-0.2, -0.15) is 0 Å². The minimum absolute atomic E-state index is 0.00785. The highest BCUT2D eigenvalue weighted by molar-refractivity contribution is 5.96. The van der Waals surface area contributed by atoms with E-state index in [1.54, 1.807) is 86.6 Å². The van der Waals surface area contributed by atoms with Crippen molar-refractivity contribution in [2.45, 2.75) is 174 Å². The lowest BCUT2D eigenvalue weighted by Gasteiger charge is -2.31. The predicted molar refractivity (Wildman–Crippen MR) is 267 cm³/mol. The highest BCUT2D eigenvalue weighted by Crippen LogP contribution is 2.26. The topological polar surface area (TPSA) is 249 Å². The van der Waals surface area contributed by atoms with Crippen LogP contribution in [0, 0.1) is 5.92 Å². The maximum atomic E-state index is 14.5. The molecule has 0 bridgehead atoms. The first-order valence-corrected chi connectivity index (χ1v) is 24.4. The van der Waals surface area contributed by atoms with E-state index in [1.807, 2.05) is 50.2 Å². The van der Waals surface area contributed by atoms with Crippen LogP contribution in [0.1, 0.15) is 126 Å². The SMILES string of the molecule is COC(=O)C1(NC(=O)OC(C)(C)C)CCN(C(=O)[C@@H](CCCCNC(=O)OC(C)(C)C)NC(=O)[C@@H](CC(C)C)NC(=O)[C@@H](Cc2ccccc2)NC(=O)[C@@H](CCc2ccccc2)NC(=O)OC(C)(C)C)C1. The van der Waals surface area contributed by atoms with Crippen molar-refractivity contribution in [1.29, 1.82) is 0 Å². The number of methoxy groups -OCH3 is 1. The summed E-state index contributed by atoms with van der Waals surface area (Å²) in [7, 11) is 1.17. The molecule has 0 saturated carbocycles. The van der Waals surface area contributed by atoms with Crippen LogP contribution in [-0.4, -0.2) is 126 Å². The normalized spacial score (nSPS) is 16.5. The first-order valence-electron chi connectivity index (χ1n) is 24.4. The Morgan fingerprint density at radius 2 is 1.11 bits per heavy atom. The molecular formula is C52H79N7O12. The Balaban J connectivity index is 1.93. The second-order valence-corrected chi connectivity index (χ2v) is 21.4. The van der Waals surface area contributed by atoms with Crippen LogP contribution < -0.4 is 31.9 Å². The minimum Gasteiger partial charge on any atom is -0.467 e. The quantitative estimate of drug-likeness (QED) is 0.0478. The van der Waals surface area contributed by atoms with Gasteiger partial charge >= 0.3 is 24.2 Å². The maximum Gasteiger partial charge on any atom is 0.408 e. The molecule has 7 amide bonds. The number of rotatable bonds is 22. The summed E-state index contributed by atoms with van der Waals surface area (Å²) in [4.78, 5) is 111. The molecule has 6 N–H and O–H groups in total. The monoisotopic (exact) mass is 994 g/mol. The maximum absolute atomic E-state index is 14.5. The van der Waals surface area contributed by atoms with Crippen molar-refractivity contribution in [3.05, 3.63) is 71.8 Å². The molecule has 3 rings (SSSR count). The van der Waals surface area contributed by atoms with Gasteiger partial charge in [-0.05, 0) is 118 Å². The van der Waals surface area contributed by atoms with Crippen molar-refractivity contribution in [3.63, 3.8) is 0 Å². The van der Waals surface area contributed by atoms with Crippen LogP contribution in [0.25, 0.3) is 0 Å². The summed E-state index contributed by atoms with van der Waals surface area (Å²) in [5.74, 6) is -3.49. The minimum atomic E-state index is -1.64. The van der Waals surface area contributed by atoms with E-state index >= 15 is 0 Å². The van der Waals surface area contributed by atoms with Crippen LogP contribution in [-0.2, 0) is 55.8 Å². The number of benzene rings is 2. The summed E-state index contributed by atoms with van der Waals surface area (Å²) < 4.78 is 21.3. The number of alkyl carbamates (subject to hydrolysis) is 3. The first-order chi connectivity index (χ1) is 33.1. The van der Waals surface area contributed by atoms with Crippen LogP contribution in [0.2, 0.25) is 0 Å². The lowest BCUT2D eigenvalue weighted by Crippen LogP contribution is -2.60. The number of ether oxygens (including phenoxy) is 4. The van der Waals surface area contributed by atoms with Crippen molar-refractivity contribution < 1.29 is 57.3 Å². The van der Waals surface area contributed by atoms with Gasteiger partial charge in [-0.3, -0.25) is 19.2 Å². The lowest BCUT2D eigenvalue weighted by molar-refractivity contribution is -0.148. The van der Waals surface area contributed by atoms with Gasteiger partial charge < -0.3 is 55.7 Å². The molecule has 2 aromatic carbocycles. The number of nitrogens with zero attached hydrogens (tertiary/aromatic N) is 1. The molecule has 19 heteroatoms. The first kappa shape index (κ1) is 58.9. The molecule has 5 atom stereocenters. The zero-order valence-corrected chi connectivity index (χ0v) is 43.8. The molecule has 1 heterocycles. The second kappa shape index (κ2) is 26.7. The van der Waals surface area contributed by atoms with Crippen molar-refractivity contribution >= 4 is 47.9 Å². The smallest absolute Gasteiger partial charge is 0.408 e. The number of carbonyl (C=O) groups is 8. The van der Waals surface area contributed by atoms with E-state index in [-0.39, 0.29) is 57.7 Å². The van der Waals surface area contributed by atoms with Gasteiger partial charge in [-0.25, -0.2) is 19.2 Å². The van der Waals surface area contributed by atoms with Gasteiger partial charge in [0, 0.05) is 25.9 Å². The fraction of sp³-hybridized carbons (Fsp3) is 0.615. The van der Waals surface area contributed by atoms with Gasteiger partial charge in [-0.15, -0.1) is 0 Å². The third-order valence-corrected chi connectivity index (χ3v) is 10.9. The van der Waals surface area contributed by atoms with Crippen LogP contribution in [0.15, 0.2) is 60.7 Å². The Hall–Kier alpha value is -6.40. The summed E-state index contributed by atoms with van der Waals surface area (Å²) in [6, 6.07) is 13.7. The molecule has 1 saturated heterocycles. The van der Waals surface area contributed by atoms with E-state index in [0.717, 1.165) is 5.56 Å². The Morgan fingerprint density at radius 1 is 0.606 bits per heavy atom. The van der Waals surface area contributed by atoms with Gasteiger partial charge in [0.15, 0.2) is 5.54 Å². The molecule has 71 heavy (non-hydrogen) atoms. The van der Waals surface area contributed by atoms with Crippen LogP contribution in [0.5, 0.6) is 0 Å². The van der Waals surface area contributed by atoms with Crippen molar-refractivity contribution in [3.8, 4) is 0 Å². The fourth-order valence-electron chi connectivity index (χ4n) is 7.72. The standard InChI is InChI=1S/C52H79N7O12/c1-34(2)31-39(55-43(62)40(32-36-23-17-14-18-24-36)56-41(60)37(57-47(66)70-50(6,7)8)27-26-35-21-15-13-16-22-35)42(61)54-38(25-19-20-29-53-46(65)69-49(3,4)5)44(63)59-30-28-52(33-59,45(64)68-12)58-48(67)71-51(9,10)11/h13-18,21-24,34,37-40H,19-20,25-33H2,1-12H3,(H,53,65)(H,54,61)(H,55,62)(H,56,60)(H,57,66)(H,58,67)/t37-,38-,39-,40-,52?/m1/s1. The molecule has 0 aromatic heterocycles. The van der Waals surface area contributed by atoms with E-state index in [0.29, 0.717) is 24.8 Å². The highest BCUT2D eigenvalue weighted by atomic mass is 16.6. The second-order valence-electron chi connectivity index (χ2n) is 21.4. The van der Waals surface area contributed by atoms with Crippen LogP contribution in [0.4, 0.5) is 14.4 Å². The fourth-order valence-corrected chi connectivity index (χ4v) is 7.72. The molecule has 0 spiro atoms. The van der Waals surface area contributed by atoms with Crippen LogP contribution >= 0.6 is 0 Å². The average molecular weight is 994 g/mol. The molecule has 394 valence electrons. The molecule has 19 nitrogen and oxygen atoms in total. The van der Waals surface area contributed by atoms with E-state index < -0.39 is 94.4 Å². The highest BCUT2D eigenvalue weighted by Gasteiger charge is 2.50. The number of carbonyl (C=O) groups excluding carboxylic acids is 8. The summed E-state index contributed by atoms with van der Waals surface area (Å²) in [5.41, 5.74) is -2.46. The number of nitrogens with one attached hydrogen (secondary N) is 6. The predicted octanol–water partition coefficient (Wildman–Crippen LogP) is 5.62. The number of aryl methyl sites for hydroxylation is 1. The van der Waals surface area contributed by atoms with Crippen molar-refractivity contribution in [2.24, 2.45) is 5.92 Å².